The van der Waals surface area contributed by atoms with E-state index in [-0.39, 0.29) is 5.95 Å². The maximum absolute atomic E-state index is 8.74. The number of anilines is 2. The Hall–Kier alpha value is -2.81. The van der Waals surface area contributed by atoms with Gasteiger partial charge in [-0.3, -0.25) is 0 Å². The molecule has 2 aromatic rings. The van der Waals surface area contributed by atoms with Gasteiger partial charge in [-0.25, -0.2) is 0 Å². The Morgan fingerprint density at radius 3 is 2.70 bits per heavy atom. The first kappa shape index (κ1) is 13.6. The number of aromatic nitrogens is 2. The fraction of sp³-hybridized carbons (Fsp3) is 0.214. The number of hydrogen-bond donors (Lipinski definition) is 2. The number of nitrogen functional groups attached to an aromatic ring is 1. The van der Waals surface area contributed by atoms with Gasteiger partial charge in [0.25, 0.3) is 0 Å². The molecular formula is C14H15N5O. The summed E-state index contributed by atoms with van der Waals surface area (Å²) in [5, 5.41) is 11.9. The fourth-order valence-electron chi connectivity index (χ4n) is 1.56. The van der Waals surface area contributed by atoms with E-state index in [2.05, 4.69) is 22.2 Å². The molecule has 0 unspecified atom stereocenters. The van der Waals surface area contributed by atoms with E-state index >= 15 is 0 Å². The Kier molecular flexibility index (Phi) is 4.35. The van der Waals surface area contributed by atoms with E-state index in [0.29, 0.717) is 23.0 Å². The summed E-state index contributed by atoms with van der Waals surface area (Å²) in [5.41, 5.74) is 6.22. The molecule has 0 aliphatic carbocycles. The second-order valence-electron chi connectivity index (χ2n) is 4.11. The zero-order chi connectivity index (χ0) is 14.4. The van der Waals surface area contributed by atoms with Crippen LogP contribution < -0.4 is 15.8 Å². The highest BCUT2D eigenvalue weighted by atomic mass is 16.5. The van der Waals surface area contributed by atoms with Gasteiger partial charge in [-0.1, -0.05) is 6.92 Å². The molecule has 1 heterocycles. The van der Waals surface area contributed by atoms with E-state index in [1.165, 1.54) is 0 Å². The van der Waals surface area contributed by atoms with Crippen LogP contribution >= 0.6 is 0 Å². The summed E-state index contributed by atoms with van der Waals surface area (Å²) in [4.78, 5) is 8.09. The van der Waals surface area contributed by atoms with Crippen molar-refractivity contribution in [1.82, 2.24) is 9.97 Å². The SMILES string of the molecule is CCCNc1cc(Oc2ccc(C#N)cc2)nc(N)n1. The van der Waals surface area contributed by atoms with E-state index in [4.69, 9.17) is 15.7 Å². The summed E-state index contributed by atoms with van der Waals surface area (Å²) in [6.45, 7) is 2.86. The minimum Gasteiger partial charge on any atom is -0.439 e. The molecule has 0 bridgehead atoms. The number of nitrogens with zero attached hydrogens (tertiary/aromatic N) is 3. The number of ether oxygens (including phenoxy) is 1. The highest BCUT2D eigenvalue weighted by Gasteiger charge is 2.04. The first-order chi connectivity index (χ1) is 9.71. The predicted octanol–water partition coefficient (Wildman–Crippen LogP) is 2.54. The molecule has 102 valence electrons. The van der Waals surface area contributed by atoms with Crippen LogP contribution in [-0.2, 0) is 0 Å². The van der Waals surface area contributed by atoms with Gasteiger partial charge >= 0.3 is 0 Å². The first-order valence-electron chi connectivity index (χ1n) is 6.27. The molecule has 1 aromatic heterocycles. The average Bonchev–Trinajstić information content (AvgIpc) is 2.45. The number of nitriles is 1. The van der Waals surface area contributed by atoms with Crippen molar-refractivity contribution in [3.05, 3.63) is 35.9 Å². The molecule has 1 aromatic carbocycles. The predicted molar refractivity (Wildman–Crippen MR) is 76.5 cm³/mol. The minimum absolute atomic E-state index is 0.148. The van der Waals surface area contributed by atoms with Gasteiger partial charge in [0.2, 0.25) is 11.8 Å². The van der Waals surface area contributed by atoms with Crippen LogP contribution in [0.4, 0.5) is 11.8 Å². The molecular weight excluding hydrogens is 254 g/mol. The number of nitrogens with one attached hydrogen (secondary N) is 1. The second-order valence-corrected chi connectivity index (χ2v) is 4.11. The molecule has 6 heteroatoms. The van der Waals surface area contributed by atoms with Crippen LogP contribution in [0.15, 0.2) is 30.3 Å². The lowest BCUT2D eigenvalue weighted by atomic mass is 10.2. The lowest BCUT2D eigenvalue weighted by Gasteiger charge is -2.08. The molecule has 20 heavy (non-hydrogen) atoms. The van der Waals surface area contributed by atoms with Gasteiger partial charge in [0.05, 0.1) is 11.6 Å². The molecule has 0 atom stereocenters. The number of benzene rings is 1. The third kappa shape index (κ3) is 3.59. The van der Waals surface area contributed by atoms with Crippen LogP contribution in [0.5, 0.6) is 11.6 Å². The fourth-order valence-corrected chi connectivity index (χ4v) is 1.56. The van der Waals surface area contributed by atoms with E-state index in [1.54, 1.807) is 30.3 Å². The van der Waals surface area contributed by atoms with Gasteiger partial charge in [-0.15, -0.1) is 0 Å². The van der Waals surface area contributed by atoms with Gasteiger partial charge in [0.1, 0.15) is 11.6 Å². The Balaban J connectivity index is 2.15. The van der Waals surface area contributed by atoms with Crippen molar-refractivity contribution in [1.29, 1.82) is 5.26 Å². The van der Waals surface area contributed by atoms with Crippen LogP contribution in [-0.4, -0.2) is 16.5 Å². The Morgan fingerprint density at radius 1 is 1.30 bits per heavy atom. The Bertz CT molecular complexity index is 618. The molecule has 6 nitrogen and oxygen atoms in total. The van der Waals surface area contributed by atoms with Crippen molar-refractivity contribution in [3.8, 4) is 17.7 Å². The summed E-state index contributed by atoms with van der Waals surface area (Å²) in [6, 6.07) is 10.5. The van der Waals surface area contributed by atoms with Gasteiger partial charge < -0.3 is 15.8 Å². The van der Waals surface area contributed by atoms with Crippen molar-refractivity contribution < 1.29 is 4.74 Å². The highest BCUT2D eigenvalue weighted by Crippen LogP contribution is 2.22. The molecule has 3 N–H and O–H groups in total. The summed E-state index contributed by atoms with van der Waals surface area (Å²) >= 11 is 0. The molecule has 0 spiro atoms. The normalized spacial score (nSPS) is 9.80. The standard InChI is InChI=1S/C14H15N5O/c1-2-7-17-12-8-13(19-14(16)18-12)20-11-5-3-10(9-15)4-6-11/h3-6,8H,2,7H2,1H3,(H3,16,17,18,19). The second kappa shape index (κ2) is 6.38. The monoisotopic (exact) mass is 269 g/mol. The smallest absolute Gasteiger partial charge is 0.226 e. The van der Waals surface area contributed by atoms with Crippen molar-refractivity contribution >= 4 is 11.8 Å². The third-order valence-electron chi connectivity index (χ3n) is 2.48. The summed E-state index contributed by atoms with van der Waals surface area (Å²) < 4.78 is 5.60. The molecule has 0 amide bonds. The highest BCUT2D eigenvalue weighted by molar-refractivity contribution is 5.44. The molecule has 0 aliphatic rings. The zero-order valence-corrected chi connectivity index (χ0v) is 11.1. The van der Waals surface area contributed by atoms with Crippen molar-refractivity contribution in [3.63, 3.8) is 0 Å². The van der Waals surface area contributed by atoms with E-state index in [1.807, 2.05) is 6.07 Å². The van der Waals surface area contributed by atoms with E-state index in [0.717, 1.165) is 13.0 Å². The van der Waals surface area contributed by atoms with Crippen LogP contribution in [0, 0.1) is 11.3 Å². The Labute approximate surface area is 117 Å². The third-order valence-corrected chi connectivity index (χ3v) is 2.48. The molecule has 2 rings (SSSR count). The lowest BCUT2D eigenvalue weighted by Crippen LogP contribution is -2.05. The van der Waals surface area contributed by atoms with Crippen molar-refractivity contribution in [2.24, 2.45) is 0 Å². The molecule has 0 radical (unpaired) electrons. The van der Waals surface area contributed by atoms with Gasteiger partial charge in [0, 0.05) is 12.6 Å². The van der Waals surface area contributed by atoms with Crippen LogP contribution in [0.25, 0.3) is 0 Å². The topological polar surface area (TPSA) is 96.8 Å². The van der Waals surface area contributed by atoms with Crippen molar-refractivity contribution in [2.75, 3.05) is 17.6 Å². The summed E-state index contributed by atoms with van der Waals surface area (Å²) in [5.74, 6) is 1.72. The average molecular weight is 269 g/mol. The zero-order valence-electron chi connectivity index (χ0n) is 11.1. The summed E-state index contributed by atoms with van der Waals surface area (Å²) in [6.07, 6.45) is 0.982. The first-order valence-corrected chi connectivity index (χ1v) is 6.27. The van der Waals surface area contributed by atoms with Crippen LogP contribution in [0.1, 0.15) is 18.9 Å². The summed E-state index contributed by atoms with van der Waals surface area (Å²) in [7, 11) is 0. The van der Waals surface area contributed by atoms with Crippen molar-refractivity contribution in [2.45, 2.75) is 13.3 Å². The molecule has 0 saturated heterocycles. The van der Waals surface area contributed by atoms with Gasteiger partial charge in [-0.05, 0) is 30.7 Å². The van der Waals surface area contributed by atoms with E-state index < -0.39 is 0 Å². The lowest BCUT2D eigenvalue weighted by molar-refractivity contribution is 0.463. The number of hydrogen-bond acceptors (Lipinski definition) is 6. The Morgan fingerprint density at radius 2 is 2.05 bits per heavy atom. The maximum Gasteiger partial charge on any atom is 0.226 e. The largest absolute Gasteiger partial charge is 0.439 e. The number of rotatable bonds is 5. The number of nitrogens with two attached hydrogens (primary N) is 1. The molecule has 0 saturated carbocycles. The minimum atomic E-state index is 0.148. The molecule has 0 aliphatic heterocycles. The maximum atomic E-state index is 8.74. The van der Waals surface area contributed by atoms with Gasteiger partial charge in [0.15, 0.2) is 0 Å². The van der Waals surface area contributed by atoms with Gasteiger partial charge in [-0.2, -0.15) is 15.2 Å². The van der Waals surface area contributed by atoms with Crippen LogP contribution in [0.2, 0.25) is 0 Å². The quantitative estimate of drug-likeness (QED) is 0.865. The molecule has 0 fully saturated rings. The van der Waals surface area contributed by atoms with E-state index in [9.17, 15) is 0 Å². The van der Waals surface area contributed by atoms with Crippen LogP contribution in [0.3, 0.4) is 0 Å².